The van der Waals surface area contributed by atoms with Gasteiger partial charge in [-0.05, 0) is 40.2 Å². The van der Waals surface area contributed by atoms with Crippen molar-refractivity contribution in [1.29, 1.82) is 0 Å². The molecular formula is C16H24N2O2. The Hall–Kier alpha value is -0.940. The van der Waals surface area contributed by atoms with E-state index in [1.54, 1.807) is 0 Å². The second kappa shape index (κ2) is 4.28. The lowest BCUT2D eigenvalue weighted by atomic mass is 9.80. The molecule has 2 aliphatic heterocycles. The van der Waals surface area contributed by atoms with Crippen molar-refractivity contribution in [2.24, 2.45) is 0 Å². The summed E-state index contributed by atoms with van der Waals surface area (Å²) in [5.74, 6) is -0.696. The fourth-order valence-corrected chi connectivity index (χ4v) is 3.46. The number of nitrogens with zero attached hydrogens (tertiary/aromatic N) is 1. The number of nitrogens with one attached hydrogen (secondary N) is 1. The molecule has 2 aliphatic rings. The lowest BCUT2D eigenvalue weighted by Gasteiger charge is -2.52. The molecule has 1 aromatic rings. The Kier molecular flexibility index (Phi) is 3.00. The third-order valence-corrected chi connectivity index (χ3v) is 4.38. The topological polar surface area (TPSA) is 40.3 Å². The molecule has 0 saturated carbocycles. The molecule has 0 bridgehead atoms. The summed E-state index contributed by atoms with van der Waals surface area (Å²) in [6, 6.07) is 10.7. The van der Waals surface area contributed by atoms with E-state index in [1.165, 1.54) is 5.56 Å². The molecule has 0 aromatic heterocycles. The summed E-state index contributed by atoms with van der Waals surface area (Å²) in [5.41, 5.74) is 0.756. The Labute approximate surface area is 121 Å². The third-order valence-electron chi connectivity index (χ3n) is 4.38. The van der Waals surface area contributed by atoms with Gasteiger partial charge < -0.3 is 0 Å². The van der Waals surface area contributed by atoms with Crippen LogP contribution in [0.3, 0.4) is 0 Å². The van der Waals surface area contributed by atoms with Crippen molar-refractivity contribution >= 4 is 0 Å². The van der Waals surface area contributed by atoms with Gasteiger partial charge in [-0.25, -0.2) is 4.90 Å². The molecule has 0 radical (unpaired) electrons. The minimum atomic E-state index is -0.696. The van der Waals surface area contributed by atoms with Crippen molar-refractivity contribution in [3.8, 4) is 0 Å². The Morgan fingerprint density at radius 1 is 1.10 bits per heavy atom. The summed E-state index contributed by atoms with van der Waals surface area (Å²) in [4.78, 5) is 13.4. The van der Waals surface area contributed by atoms with E-state index >= 15 is 0 Å². The van der Waals surface area contributed by atoms with Crippen molar-refractivity contribution in [2.45, 2.75) is 57.6 Å². The number of rotatable bonds is 2. The third kappa shape index (κ3) is 1.91. The van der Waals surface area contributed by atoms with Crippen molar-refractivity contribution in [3.05, 3.63) is 35.9 Å². The van der Waals surface area contributed by atoms with Gasteiger partial charge in [-0.2, -0.15) is 9.78 Å². The first kappa shape index (κ1) is 14.0. The van der Waals surface area contributed by atoms with Crippen LogP contribution in [0, 0.1) is 0 Å². The predicted octanol–water partition coefficient (Wildman–Crippen LogP) is 2.61. The van der Waals surface area contributed by atoms with Gasteiger partial charge in [0.2, 0.25) is 0 Å². The average molecular weight is 276 g/mol. The summed E-state index contributed by atoms with van der Waals surface area (Å²) >= 11 is 0. The Morgan fingerprint density at radius 3 is 2.20 bits per heavy atom. The fraction of sp³-hybridized carbons (Fsp3) is 0.625. The zero-order valence-electron chi connectivity index (χ0n) is 12.9. The van der Waals surface area contributed by atoms with Gasteiger partial charge in [-0.3, -0.25) is 5.32 Å². The van der Waals surface area contributed by atoms with Crippen molar-refractivity contribution in [2.75, 3.05) is 6.54 Å². The van der Waals surface area contributed by atoms with E-state index in [2.05, 4.69) is 69.1 Å². The molecule has 0 amide bonds. The van der Waals surface area contributed by atoms with E-state index in [4.69, 9.17) is 9.78 Å². The Bertz CT molecular complexity index is 496. The van der Waals surface area contributed by atoms with Gasteiger partial charge in [0, 0.05) is 18.1 Å². The van der Waals surface area contributed by atoms with Gasteiger partial charge in [0.05, 0.1) is 0 Å². The SMILES string of the molecule is CC(C)N1CC(C)(C)NC(C)(c2ccccc2)C12OO2. The first-order valence-electron chi connectivity index (χ1n) is 7.29. The van der Waals surface area contributed by atoms with Crippen LogP contribution in [0.2, 0.25) is 0 Å². The van der Waals surface area contributed by atoms with Crippen LogP contribution in [0.5, 0.6) is 0 Å². The van der Waals surface area contributed by atoms with Crippen LogP contribution >= 0.6 is 0 Å². The minimum absolute atomic E-state index is 0.0184. The highest BCUT2D eigenvalue weighted by atomic mass is 17.4. The highest BCUT2D eigenvalue weighted by molar-refractivity contribution is 5.30. The van der Waals surface area contributed by atoms with E-state index in [1.807, 2.05) is 6.07 Å². The van der Waals surface area contributed by atoms with E-state index in [0.29, 0.717) is 6.04 Å². The monoisotopic (exact) mass is 276 g/mol. The number of hydrogen-bond acceptors (Lipinski definition) is 4. The lowest BCUT2D eigenvalue weighted by Crippen LogP contribution is -2.74. The fourth-order valence-electron chi connectivity index (χ4n) is 3.46. The molecule has 3 rings (SSSR count). The predicted molar refractivity (Wildman–Crippen MR) is 77.8 cm³/mol. The van der Waals surface area contributed by atoms with E-state index in [9.17, 15) is 0 Å². The smallest absolute Gasteiger partial charge is 0.295 e. The number of hydrogen-bond donors (Lipinski definition) is 1. The first-order valence-corrected chi connectivity index (χ1v) is 7.29. The molecule has 110 valence electrons. The molecule has 1 atom stereocenters. The highest BCUT2D eigenvalue weighted by Gasteiger charge is 2.72. The second-order valence-electron chi connectivity index (χ2n) is 6.97. The Balaban J connectivity index is 2.08. The number of benzene rings is 1. The van der Waals surface area contributed by atoms with Gasteiger partial charge in [0.1, 0.15) is 5.54 Å². The molecule has 20 heavy (non-hydrogen) atoms. The molecule has 1 N–H and O–H groups in total. The maximum absolute atomic E-state index is 5.54. The van der Waals surface area contributed by atoms with Crippen molar-refractivity contribution in [1.82, 2.24) is 10.2 Å². The minimum Gasteiger partial charge on any atom is -0.295 e. The largest absolute Gasteiger partial charge is 0.312 e. The maximum atomic E-state index is 5.54. The molecule has 2 fully saturated rings. The summed E-state index contributed by atoms with van der Waals surface area (Å²) in [5, 5.41) is 3.73. The van der Waals surface area contributed by atoms with E-state index in [0.717, 1.165) is 6.54 Å². The van der Waals surface area contributed by atoms with Crippen LogP contribution in [-0.2, 0) is 15.3 Å². The van der Waals surface area contributed by atoms with Crippen LogP contribution < -0.4 is 5.32 Å². The van der Waals surface area contributed by atoms with Crippen LogP contribution in [0.4, 0.5) is 0 Å². The Morgan fingerprint density at radius 2 is 1.70 bits per heavy atom. The number of piperazine rings is 1. The molecule has 4 nitrogen and oxygen atoms in total. The average Bonchev–Trinajstić information content (AvgIpc) is 3.16. The van der Waals surface area contributed by atoms with Crippen LogP contribution in [0.15, 0.2) is 30.3 Å². The van der Waals surface area contributed by atoms with Gasteiger partial charge in [0.15, 0.2) is 0 Å². The van der Waals surface area contributed by atoms with Crippen LogP contribution in [0.1, 0.15) is 40.2 Å². The standard InChI is InChI=1S/C16H24N2O2/c1-12(2)18-11-14(3,4)17-15(5,16(18)19-20-16)13-9-7-6-8-10-13/h6-10,12,17H,11H2,1-5H3. The molecule has 4 heteroatoms. The molecule has 1 unspecified atom stereocenters. The van der Waals surface area contributed by atoms with Crippen LogP contribution in [-0.4, -0.2) is 28.9 Å². The van der Waals surface area contributed by atoms with Crippen molar-refractivity contribution < 1.29 is 9.78 Å². The van der Waals surface area contributed by atoms with Crippen molar-refractivity contribution in [3.63, 3.8) is 0 Å². The quantitative estimate of drug-likeness (QED) is 0.666. The van der Waals surface area contributed by atoms with Gasteiger partial charge in [-0.1, -0.05) is 30.3 Å². The van der Waals surface area contributed by atoms with Gasteiger partial charge in [0.25, 0.3) is 0 Å². The second-order valence-corrected chi connectivity index (χ2v) is 6.97. The summed E-state index contributed by atoms with van der Waals surface area (Å²) in [6.07, 6.45) is 0. The molecule has 1 aromatic carbocycles. The first-order chi connectivity index (χ1) is 9.31. The normalized spacial score (nSPS) is 31.7. The zero-order chi connectivity index (χ0) is 14.6. The van der Waals surface area contributed by atoms with Crippen LogP contribution in [0.25, 0.3) is 0 Å². The lowest BCUT2D eigenvalue weighted by molar-refractivity contribution is -0.0970. The van der Waals surface area contributed by atoms with E-state index in [-0.39, 0.29) is 5.54 Å². The molecule has 2 saturated heterocycles. The van der Waals surface area contributed by atoms with Gasteiger partial charge >= 0.3 is 5.91 Å². The molecule has 1 spiro atoms. The summed E-state index contributed by atoms with van der Waals surface area (Å²) in [7, 11) is 0. The summed E-state index contributed by atoms with van der Waals surface area (Å²) < 4.78 is 0. The molecule has 0 aliphatic carbocycles. The van der Waals surface area contributed by atoms with E-state index < -0.39 is 11.4 Å². The molecular weight excluding hydrogens is 252 g/mol. The van der Waals surface area contributed by atoms with Gasteiger partial charge in [-0.15, -0.1) is 0 Å². The zero-order valence-corrected chi connectivity index (χ0v) is 12.9. The molecule has 2 heterocycles. The maximum Gasteiger partial charge on any atom is 0.312 e. The summed E-state index contributed by atoms with van der Waals surface area (Å²) in [6.45, 7) is 11.8. The highest BCUT2D eigenvalue weighted by Crippen LogP contribution is 2.53.